The summed E-state index contributed by atoms with van der Waals surface area (Å²) >= 11 is 0. The van der Waals surface area contributed by atoms with Crippen molar-refractivity contribution in [2.45, 2.75) is 112 Å². The highest BCUT2D eigenvalue weighted by Crippen LogP contribution is 2.22. The fraction of sp³-hybridized carbons (Fsp3) is 0.960. The van der Waals surface area contributed by atoms with Crippen LogP contribution in [0.5, 0.6) is 0 Å². The predicted molar refractivity (Wildman–Crippen MR) is 159 cm³/mol. The minimum absolute atomic E-state index is 0.327. The van der Waals surface area contributed by atoms with Crippen LogP contribution in [0.15, 0.2) is 0 Å². The Morgan fingerprint density at radius 3 is 1.72 bits per heavy atom. The molecule has 0 radical (unpaired) electrons. The van der Waals surface area contributed by atoms with Crippen LogP contribution in [0.1, 0.15) is 112 Å². The van der Waals surface area contributed by atoms with E-state index < -0.39 is 5.97 Å². The first kappa shape index (κ1) is 40.0. The Hall–Kier alpha value is 0.830. The van der Waals surface area contributed by atoms with Crippen LogP contribution in [0.3, 0.4) is 0 Å². The summed E-state index contributed by atoms with van der Waals surface area (Å²) in [7, 11) is 9.47. The Morgan fingerprint density at radius 1 is 0.812 bits per heavy atom. The lowest BCUT2D eigenvalue weighted by atomic mass is 10.1. The molecule has 0 aliphatic rings. The van der Waals surface area contributed by atoms with E-state index in [1.165, 1.54) is 62.2 Å². The smallest absolute Gasteiger partial charge is 0.303 e. The van der Waals surface area contributed by atoms with Crippen molar-refractivity contribution in [3.05, 3.63) is 0 Å². The average molecular weight is 533 g/mol. The molecule has 0 spiro atoms. The van der Waals surface area contributed by atoms with Crippen molar-refractivity contribution in [1.29, 1.82) is 0 Å². The molecule has 0 saturated carbocycles. The van der Waals surface area contributed by atoms with E-state index in [0.717, 1.165) is 31.8 Å². The van der Waals surface area contributed by atoms with Gasteiger partial charge in [0, 0.05) is 37.4 Å². The van der Waals surface area contributed by atoms with E-state index in [2.05, 4.69) is 47.8 Å². The largest absolute Gasteiger partial charge is 0.481 e. The number of methoxy groups -OCH3 is 1. The van der Waals surface area contributed by atoms with Gasteiger partial charge in [0.05, 0.1) is 0 Å². The molecule has 3 nitrogen and oxygen atoms in total. The van der Waals surface area contributed by atoms with E-state index in [0.29, 0.717) is 6.42 Å². The number of carboxylic acid groups (broad SMARTS) is 1. The minimum atomic E-state index is -0.682. The number of aliphatic carboxylic acids is 1. The van der Waals surface area contributed by atoms with Crippen molar-refractivity contribution in [2.24, 2.45) is 5.92 Å². The van der Waals surface area contributed by atoms with Gasteiger partial charge in [-0.3, -0.25) is 4.79 Å². The third-order valence-corrected chi connectivity index (χ3v) is 8.61. The highest BCUT2D eigenvalue weighted by Gasteiger charge is 1.94. The van der Waals surface area contributed by atoms with E-state index in [9.17, 15) is 4.79 Å². The quantitative estimate of drug-likeness (QED) is 0.139. The predicted octanol–water partition coefficient (Wildman–Crippen LogP) is 10.1. The lowest BCUT2D eigenvalue weighted by Crippen LogP contribution is -2.00. The van der Waals surface area contributed by atoms with Crippen LogP contribution < -0.4 is 0 Å². The van der Waals surface area contributed by atoms with Gasteiger partial charge in [0.25, 0.3) is 0 Å². The highest BCUT2D eigenvalue weighted by molar-refractivity contribution is 8.76. The van der Waals surface area contributed by atoms with Crippen LogP contribution in [-0.2, 0) is 9.53 Å². The molecule has 32 heavy (non-hydrogen) atoms. The Balaban J connectivity index is -0.000000172. The normalized spacial score (nSPS) is 10.6. The molecular formula is C25H56O3S4. The molecule has 1 unspecified atom stereocenters. The fourth-order valence-electron chi connectivity index (χ4n) is 2.13. The Morgan fingerprint density at radius 2 is 1.34 bits per heavy atom. The lowest BCUT2D eigenvalue weighted by molar-refractivity contribution is -0.137. The zero-order valence-electron chi connectivity index (χ0n) is 22.6. The summed E-state index contributed by atoms with van der Waals surface area (Å²) in [5.74, 6) is 3.87. The summed E-state index contributed by atoms with van der Waals surface area (Å²) in [5, 5.41) is 8.14. The molecule has 0 aliphatic heterocycles. The van der Waals surface area contributed by atoms with Gasteiger partial charge >= 0.3 is 5.97 Å². The molecule has 0 fully saturated rings. The number of hydrogen-bond donors (Lipinski definition) is 1. The van der Waals surface area contributed by atoms with Crippen LogP contribution in [0.2, 0.25) is 0 Å². The number of unbranched alkanes of at least 4 members (excludes halogenated alkanes) is 7. The Labute approximate surface area is 218 Å². The third kappa shape index (κ3) is 57.6. The van der Waals surface area contributed by atoms with Gasteiger partial charge in [-0.25, -0.2) is 0 Å². The molecule has 1 N–H and O–H groups in total. The molecule has 0 aromatic carbocycles. The minimum Gasteiger partial charge on any atom is -0.481 e. The first-order valence-corrected chi connectivity index (χ1v) is 17.7. The molecule has 0 bridgehead atoms. The molecule has 0 rings (SSSR count). The maximum absolute atomic E-state index is 9.87. The van der Waals surface area contributed by atoms with Gasteiger partial charge in [0.1, 0.15) is 0 Å². The molecular weight excluding hydrogens is 477 g/mol. The van der Waals surface area contributed by atoms with Gasteiger partial charge in [-0.05, 0) is 25.0 Å². The maximum Gasteiger partial charge on any atom is 0.303 e. The lowest BCUT2D eigenvalue weighted by Gasteiger charge is -2.03. The van der Waals surface area contributed by atoms with E-state index in [1.807, 2.05) is 43.2 Å². The molecule has 0 aromatic heterocycles. The molecule has 0 heterocycles. The first-order valence-electron chi connectivity index (χ1n) is 12.5. The van der Waals surface area contributed by atoms with E-state index >= 15 is 0 Å². The summed E-state index contributed by atoms with van der Waals surface area (Å²) in [6, 6.07) is 0. The molecule has 0 amide bonds. The van der Waals surface area contributed by atoms with Crippen LogP contribution in [0.4, 0.5) is 0 Å². The molecule has 0 aliphatic carbocycles. The standard InChI is InChI=1S/C10H22S2.C6H12O2.C6H14O.C3H8S2/c1-3-5-6-7-8-9-10-12-11-4-2;1-2-3-4-5-6(7)8;1-4-6(2)5-7-3;1-3-5-4-2/h3-10H2,1-2H3;2-5H2,1H3,(H,7,8);6H,4-5H2,1-3H3;3H2,1-2H3. The van der Waals surface area contributed by atoms with Crippen molar-refractivity contribution in [3.63, 3.8) is 0 Å². The van der Waals surface area contributed by atoms with E-state index in [4.69, 9.17) is 9.84 Å². The van der Waals surface area contributed by atoms with Crippen molar-refractivity contribution in [2.75, 3.05) is 37.2 Å². The molecule has 198 valence electrons. The van der Waals surface area contributed by atoms with Gasteiger partial charge < -0.3 is 9.84 Å². The number of rotatable bonds is 18. The van der Waals surface area contributed by atoms with Gasteiger partial charge in [0.2, 0.25) is 0 Å². The van der Waals surface area contributed by atoms with Gasteiger partial charge in [0.15, 0.2) is 0 Å². The molecule has 0 aromatic rings. The zero-order valence-corrected chi connectivity index (χ0v) is 25.8. The summed E-state index contributed by atoms with van der Waals surface area (Å²) in [6.45, 7) is 14.0. The number of ether oxygens (including phenoxy) is 1. The van der Waals surface area contributed by atoms with Crippen molar-refractivity contribution in [3.8, 4) is 0 Å². The molecule has 7 heteroatoms. The van der Waals surface area contributed by atoms with Crippen molar-refractivity contribution < 1.29 is 14.6 Å². The maximum atomic E-state index is 9.87. The van der Waals surface area contributed by atoms with Gasteiger partial charge in [-0.1, -0.05) is 136 Å². The number of carboxylic acids is 1. The van der Waals surface area contributed by atoms with Crippen LogP contribution in [0.25, 0.3) is 0 Å². The summed E-state index contributed by atoms with van der Waals surface area (Å²) in [4.78, 5) is 9.87. The SMILES string of the molecule is CCC(C)COC.CCCCCC(=O)O.CCCCCCCCSSCC.CCSSC. The van der Waals surface area contributed by atoms with E-state index in [-0.39, 0.29) is 0 Å². The van der Waals surface area contributed by atoms with Crippen LogP contribution in [-0.4, -0.2) is 48.3 Å². The Bertz CT molecular complexity index is 297. The van der Waals surface area contributed by atoms with Gasteiger partial charge in [-0.2, -0.15) is 0 Å². The molecule has 0 saturated heterocycles. The molecule has 1 atom stereocenters. The van der Waals surface area contributed by atoms with Gasteiger partial charge in [-0.15, -0.1) is 0 Å². The summed E-state index contributed by atoms with van der Waals surface area (Å²) in [6.07, 6.45) is 15.1. The van der Waals surface area contributed by atoms with Crippen molar-refractivity contribution in [1.82, 2.24) is 0 Å². The van der Waals surface area contributed by atoms with Crippen molar-refractivity contribution >= 4 is 49.1 Å². The number of hydrogen-bond acceptors (Lipinski definition) is 6. The zero-order chi connectivity index (χ0) is 25.3. The summed E-state index contributed by atoms with van der Waals surface area (Å²) < 4.78 is 4.89. The monoisotopic (exact) mass is 532 g/mol. The average Bonchev–Trinajstić information content (AvgIpc) is 2.78. The number of carbonyl (C=O) groups is 1. The first-order chi connectivity index (χ1) is 15.4. The van der Waals surface area contributed by atoms with Crippen LogP contribution in [0, 0.1) is 5.92 Å². The highest BCUT2D eigenvalue weighted by atomic mass is 33.1. The summed E-state index contributed by atoms with van der Waals surface area (Å²) in [5.41, 5.74) is 0. The second-order valence-corrected chi connectivity index (χ2v) is 13.1. The second kappa shape index (κ2) is 42.0. The second-order valence-electron chi connectivity index (χ2n) is 7.39. The Kier molecular flexibility index (Phi) is 52.6. The van der Waals surface area contributed by atoms with E-state index in [1.54, 1.807) is 7.11 Å². The third-order valence-electron chi connectivity index (χ3n) is 4.16. The topological polar surface area (TPSA) is 46.5 Å². The fourth-order valence-corrected chi connectivity index (χ4v) is 4.89. The van der Waals surface area contributed by atoms with Crippen LogP contribution >= 0.6 is 43.2 Å².